The van der Waals surface area contributed by atoms with Gasteiger partial charge in [-0.15, -0.1) is 0 Å². The van der Waals surface area contributed by atoms with Crippen LogP contribution in [0.1, 0.15) is 107 Å². The normalized spacial score (nSPS) is 26.0. The Morgan fingerprint density at radius 2 is 0.933 bits per heavy atom. The highest BCUT2D eigenvalue weighted by Gasteiger charge is 2.43. The average molecular weight is 598 g/mol. The molecule has 2 saturated carbocycles. The summed E-state index contributed by atoms with van der Waals surface area (Å²) in [6.45, 7) is 9.22. The van der Waals surface area contributed by atoms with Gasteiger partial charge in [-0.25, -0.2) is 0 Å². The van der Waals surface area contributed by atoms with Crippen molar-refractivity contribution in [2.45, 2.75) is 103 Å². The highest BCUT2D eigenvalue weighted by molar-refractivity contribution is 5.65. The molecule has 0 bridgehead atoms. The van der Waals surface area contributed by atoms with Gasteiger partial charge >= 0.3 is 0 Å². The predicted molar refractivity (Wildman–Crippen MR) is 194 cm³/mol. The van der Waals surface area contributed by atoms with Gasteiger partial charge in [-0.3, -0.25) is 0 Å². The molecule has 0 aliphatic heterocycles. The Morgan fingerprint density at radius 3 is 1.36 bits per heavy atom. The molecule has 2 aliphatic carbocycles. The van der Waals surface area contributed by atoms with Crippen molar-refractivity contribution < 1.29 is 0 Å². The molecule has 6 rings (SSSR count). The Bertz CT molecular complexity index is 1480. The van der Waals surface area contributed by atoms with Crippen LogP contribution in [0, 0.1) is 23.7 Å². The molecule has 0 spiro atoms. The minimum absolute atomic E-state index is 0.319. The summed E-state index contributed by atoms with van der Waals surface area (Å²) in [6, 6.07) is 37.9. The molecule has 4 aromatic carbocycles. The molecule has 2 aliphatic rings. The van der Waals surface area contributed by atoms with E-state index in [1.807, 2.05) is 0 Å². The first kappa shape index (κ1) is 31.8. The summed E-state index contributed by atoms with van der Waals surface area (Å²) in [7, 11) is 0. The fourth-order valence-corrected chi connectivity index (χ4v) is 8.87. The summed E-state index contributed by atoms with van der Waals surface area (Å²) >= 11 is 0. The van der Waals surface area contributed by atoms with E-state index >= 15 is 0 Å². The highest BCUT2D eigenvalue weighted by Crippen LogP contribution is 2.54. The summed E-state index contributed by atoms with van der Waals surface area (Å²) in [4.78, 5) is 0. The van der Waals surface area contributed by atoms with Crippen molar-refractivity contribution in [1.82, 2.24) is 0 Å². The first-order chi connectivity index (χ1) is 22.0. The molecular formula is C44H55N. The molecule has 45 heavy (non-hydrogen) atoms. The largest absolute Gasteiger partial charge is 0.327 e. The van der Waals surface area contributed by atoms with Crippen molar-refractivity contribution in [2.24, 2.45) is 29.4 Å². The third-order valence-electron chi connectivity index (χ3n) is 11.8. The van der Waals surface area contributed by atoms with Gasteiger partial charge in [0.15, 0.2) is 0 Å². The number of nitrogens with two attached hydrogens (primary N) is 1. The molecule has 0 aromatic heterocycles. The lowest BCUT2D eigenvalue weighted by molar-refractivity contribution is 0.0902. The maximum Gasteiger partial charge on any atom is 0.00646 e. The van der Waals surface area contributed by atoms with E-state index in [9.17, 15) is 0 Å². The van der Waals surface area contributed by atoms with E-state index < -0.39 is 0 Å². The molecule has 2 N–H and O–H groups in total. The zero-order valence-corrected chi connectivity index (χ0v) is 28.2. The van der Waals surface area contributed by atoms with Crippen LogP contribution in [-0.2, 0) is 12.8 Å². The van der Waals surface area contributed by atoms with E-state index in [1.54, 1.807) is 11.1 Å². The topological polar surface area (TPSA) is 26.0 Å². The first-order valence-electron chi connectivity index (χ1n) is 18.1. The van der Waals surface area contributed by atoms with Crippen LogP contribution in [0.5, 0.6) is 0 Å². The van der Waals surface area contributed by atoms with Gasteiger partial charge in [0, 0.05) is 6.04 Å². The van der Waals surface area contributed by atoms with Crippen molar-refractivity contribution in [3.8, 4) is 22.3 Å². The molecule has 0 heterocycles. The predicted octanol–water partition coefficient (Wildman–Crippen LogP) is 11.6. The molecule has 1 heteroatoms. The number of hydrogen-bond donors (Lipinski definition) is 1. The highest BCUT2D eigenvalue weighted by atomic mass is 14.7. The minimum Gasteiger partial charge on any atom is -0.327 e. The van der Waals surface area contributed by atoms with Crippen LogP contribution in [-0.4, -0.2) is 6.04 Å². The summed E-state index contributed by atoms with van der Waals surface area (Å²) in [5.74, 6) is 4.02. The van der Waals surface area contributed by atoms with Gasteiger partial charge in [0.1, 0.15) is 0 Å². The molecule has 0 saturated heterocycles. The summed E-state index contributed by atoms with van der Waals surface area (Å²) in [6.07, 6.45) is 11.0. The van der Waals surface area contributed by atoms with Crippen LogP contribution in [0.15, 0.2) is 97.1 Å². The molecule has 0 radical (unpaired) electrons. The molecular weight excluding hydrogens is 542 g/mol. The standard InChI is InChI=1S/C44H55N/c1-5-31-9-13-33(14-10-31)35-17-21-37(22-18-35)40-26-8-30(4)28-42(40)43-29-39(44(45)7-3)25-27-41(43)38-23-19-36(20-24-38)34-15-11-32(6-2)12-16-34/h9-24,30,39-44H,5-8,25-29,45H2,1-4H3. The summed E-state index contributed by atoms with van der Waals surface area (Å²) < 4.78 is 0. The SMILES string of the molecule is CCc1ccc(-c2ccc(C3CCC(C)CC3C3CC(C(N)CC)CCC3c3ccc(-c4ccc(CC)cc4)cc3)cc2)cc1. The van der Waals surface area contributed by atoms with E-state index in [4.69, 9.17) is 5.73 Å². The maximum atomic E-state index is 6.79. The van der Waals surface area contributed by atoms with Crippen LogP contribution in [0.25, 0.3) is 22.3 Å². The zero-order chi connectivity index (χ0) is 31.3. The quantitative estimate of drug-likeness (QED) is 0.204. The second-order valence-corrected chi connectivity index (χ2v) is 14.4. The van der Waals surface area contributed by atoms with E-state index in [0.717, 1.165) is 25.2 Å². The van der Waals surface area contributed by atoms with Gasteiger partial charge in [0.2, 0.25) is 0 Å². The Balaban J connectivity index is 1.29. The van der Waals surface area contributed by atoms with E-state index in [0.29, 0.717) is 35.6 Å². The second-order valence-electron chi connectivity index (χ2n) is 14.4. The van der Waals surface area contributed by atoms with Crippen molar-refractivity contribution in [1.29, 1.82) is 0 Å². The second kappa shape index (κ2) is 14.5. The zero-order valence-electron chi connectivity index (χ0n) is 28.2. The van der Waals surface area contributed by atoms with Crippen molar-refractivity contribution in [2.75, 3.05) is 0 Å². The minimum atomic E-state index is 0.319. The van der Waals surface area contributed by atoms with Crippen molar-refractivity contribution >= 4 is 0 Å². The lowest BCUT2D eigenvalue weighted by Crippen LogP contribution is -2.40. The van der Waals surface area contributed by atoms with Gasteiger partial charge in [-0.1, -0.05) is 131 Å². The van der Waals surface area contributed by atoms with E-state index in [1.165, 1.54) is 71.9 Å². The van der Waals surface area contributed by atoms with Crippen LogP contribution in [0.3, 0.4) is 0 Å². The van der Waals surface area contributed by atoms with Gasteiger partial charge in [-0.05, 0) is 131 Å². The number of benzene rings is 4. The van der Waals surface area contributed by atoms with E-state index in [-0.39, 0.29) is 0 Å². The summed E-state index contributed by atoms with van der Waals surface area (Å²) in [5.41, 5.74) is 18.0. The lowest BCUT2D eigenvalue weighted by Gasteiger charge is -2.48. The van der Waals surface area contributed by atoms with Crippen LogP contribution in [0.2, 0.25) is 0 Å². The van der Waals surface area contributed by atoms with E-state index in [2.05, 4.69) is 125 Å². The molecule has 7 atom stereocenters. The maximum absolute atomic E-state index is 6.79. The molecule has 0 amide bonds. The molecule has 1 nitrogen and oxygen atoms in total. The number of hydrogen-bond acceptors (Lipinski definition) is 1. The fraction of sp³-hybridized carbons (Fsp3) is 0.455. The third kappa shape index (κ3) is 7.15. The van der Waals surface area contributed by atoms with Gasteiger partial charge in [-0.2, -0.15) is 0 Å². The van der Waals surface area contributed by atoms with Gasteiger partial charge in [0.25, 0.3) is 0 Å². The number of rotatable bonds is 9. The third-order valence-corrected chi connectivity index (χ3v) is 11.8. The Labute approximate surface area is 273 Å². The van der Waals surface area contributed by atoms with Crippen molar-refractivity contribution in [3.63, 3.8) is 0 Å². The fourth-order valence-electron chi connectivity index (χ4n) is 8.87. The Kier molecular flexibility index (Phi) is 10.3. The molecule has 4 aromatic rings. The molecule has 7 unspecified atom stereocenters. The van der Waals surface area contributed by atoms with Crippen LogP contribution >= 0.6 is 0 Å². The average Bonchev–Trinajstić information content (AvgIpc) is 3.11. The number of aryl methyl sites for hydroxylation is 2. The monoisotopic (exact) mass is 597 g/mol. The van der Waals surface area contributed by atoms with Gasteiger partial charge in [0.05, 0.1) is 0 Å². The van der Waals surface area contributed by atoms with Gasteiger partial charge < -0.3 is 5.73 Å². The first-order valence-corrected chi connectivity index (χ1v) is 18.1. The van der Waals surface area contributed by atoms with Crippen LogP contribution in [0.4, 0.5) is 0 Å². The summed E-state index contributed by atoms with van der Waals surface area (Å²) in [5, 5.41) is 0. The molecule has 236 valence electrons. The Morgan fingerprint density at radius 1 is 0.533 bits per heavy atom. The molecule has 2 fully saturated rings. The van der Waals surface area contributed by atoms with Crippen LogP contribution < -0.4 is 5.73 Å². The lowest BCUT2D eigenvalue weighted by atomic mass is 9.57. The Hall–Kier alpha value is -3.16. The smallest absolute Gasteiger partial charge is 0.00646 e. The van der Waals surface area contributed by atoms with Crippen molar-refractivity contribution in [3.05, 3.63) is 119 Å².